The topological polar surface area (TPSA) is 15.3 Å². The van der Waals surface area contributed by atoms with Crippen molar-refractivity contribution in [2.45, 2.75) is 59.4 Å². The fraction of sp³-hybridized carbons (Fsp3) is 1.00. The van der Waals surface area contributed by atoms with Crippen LogP contribution in [0.3, 0.4) is 0 Å². The van der Waals surface area contributed by atoms with Gasteiger partial charge in [0.05, 0.1) is 0 Å². The molecular formula is C15H32N2. The molecule has 0 aromatic carbocycles. The van der Waals surface area contributed by atoms with E-state index in [0.29, 0.717) is 5.41 Å². The van der Waals surface area contributed by atoms with Gasteiger partial charge < -0.3 is 10.2 Å². The Morgan fingerprint density at radius 3 is 2.41 bits per heavy atom. The van der Waals surface area contributed by atoms with E-state index in [9.17, 15) is 0 Å². The van der Waals surface area contributed by atoms with Gasteiger partial charge in [-0.05, 0) is 57.2 Å². The van der Waals surface area contributed by atoms with Crippen molar-refractivity contribution in [3.05, 3.63) is 0 Å². The standard InChI is InChI=1S/C15H32N2/c1-6-14(7-2)17(5)12-15(3,4)13-9-8-10-16-11-13/h13-14,16H,6-12H2,1-5H3. The van der Waals surface area contributed by atoms with Crippen LogP contribution in [0.4, 0.5) is 0 Å². The molecule has 1 aliphatic rings. The van der Waals surface area contributed by atoms with Crippen LogP contribution in [0.15, 0.2) is 0 Å². The summed E-state index contributed by atoms with van der Waals surface area (Å²) in [4.78, 5) is 2.58. The minimum Gasteiger partial charge on any atom is -0.316 e. The van der Waals surface area contributed by atoms with Crippen molar-refractivity contribution in [1.82, 2.24) is 10.2 Å². The van der Waals surface area contributed by atoms with Gasteiger partial charge in [0.15, 0.2) is 0 Å². The van der Waals surface area contributed by atoms with Gasteiger partial charge in [0.2, 0.25) is 0 Å². The average Bonchev–Trinajstić information content (AvgIpc) is 2.31. The number of hydrogen-bond acceptors (Lipinski definition) is 2. The van der Waals surface area contributed by atoms with Gasteiger partial charge in [-0.3, -0.25) is 0 Å². The van der Waals surface area contributed by atoms with E-state index in [1.165, 1.54) is 45.3 Å². The van der Waals surface area contributed by atoms with Crippen molar-refractivity contribution in [3.63, 3.8) is 0 Å². The molecule has 1 N–H and O–H groups in total. The molecule has 1 atom stereocenters. The Morgan fingerprint density at radius 1 is 1.29 bits per heavy atom. The number of rotatable bonds is 6. The molecule has 17 heavy (non-hydrogen) atoms. The summed E-state index contributed by atoms with van der Waals surface area (Å²) in [5.74, 6) is 0.841. The van der Waals surface area contributed by atoms with Gasteiger partial charge in [-0.1, -0.05) is 27.7 Å². The van der Waals surface area contributed by atoms with E-state index in [2.05, 4.69) is 45.0 Å². The zero-order valence-corrected chi connectivity index (χ0v) is 12.6. The van der Waals surface area contributed by atoms with Crippen LogP contribution in [-0.4, -0.2) is 37.6 Å². The first-order valence-corrected chi connectivity index (χ1v) is 7.42. The Balaban J connectivity index is 2.51. The second-order valence-electron chi connectivity index (χ2n) is 6.42. The summed E-state index contributed by atoms with van der Waals surface area (Å²) >= 11 is 0. The van der Waals surface area contributed by atoms with Crippen LogP contribution in [-0.2, 0) is 0 Å². The minimum atomic E-state index is 0.435. The second-order valence-corrected chi connectivity index (χ2v) is 6.42. The van der Waals surface area contributed by atoms with Crippen LogP contribution in [0.1, 0.15) is 53.4 Å². The SMILES string of the molecule is CCC(CC)N(C)CC(C)(C)C1CCCNC1. The molecule has 2 heteroatoms. The maximum Gasteiger partial charge on any atom is 0.00871 e. The predicted molar refractivity (Wildman–Crippen MR) is 76.4 cm³/mol. The van der Waals surface area contributed by atoms with Crippen molar-refractivity contribution >= 4 is 0 Å². The lowest BCUT2D eigenvalue weighted by atomic mass is 9.74. The summed E-state index contributed by atoms with van der Waals surface area (Å²) in [6, 6.07) is 0.755. The van der Waals surface area contributed by atoms with Crippen molar-refractivity contribution in [2.75, 3.05) is 26.7 Å². The third-order valence-electron chi connectivity index (χ3n) is 4.62. The summed E-state index contributed by atoms with van der Waals surface area (Å²) in [6.07, 6.45) is 5.29. The average molecular weight is 240 g/mol. The van der Waals surface area contributed by atoms with Gasteiger partial charge in [-0.15, -0.1) is 0 Å². The molecule has 1 unspecified atom stereocenters. The maximum atomic E-state index is 3.55. The van der Waals surface area contributed by atoms with Crippen molar-refractivity contribution < 1.29 is 0 Å². The molecule has 0 spiro atoms. The van der Waals surface area contributed by atoms with Crippen LogP contribution in [0.5, 0.6) is 0 Å². The molecule has 1 saturated heterocycles. The van der Waals surface area contributed by atoms with Gasteiger partial charge >= 0.3 is 0 Å². The Labute approximate surface area is 108 Å². The van der Waals surface area contributed by atoms with Crippen molar-refractivity contribution in [3.8, 4) is 0 Å². The highest BCUT2D eigenvalue weighted by atomic mass is 15.1. The minimum absolute atomic E-state index is 0.435. The predicted octanol–water partition coefficient (Wildman–Crippen LogP) is 3.13. The molecule has 0 radical (unpaired) electrons. The van der Waals surface area contributed by atoms with E-state index >= 15 is 0 Å². The van der Waals surface area contributed by atoms with E-state index in [1.54, 1.807) is 0 Å². The quantitative estimate of drug-likeness (QED) is 0.767. The molecule has 1 fully saturated rings. The number of piperidine rings is 1. The maximum absolute atomic E-state index is 3.55. The monoisotopic (exact) mass is 240 g/mol. The zero-order valence-electron chi connectivity index (χ0n) is 12.6. The molecule has 0 bridgehead atoms. The van der Waals surface area contributed by atoms with Crippen molar-refractivity contribution in [1.29, 1.82) is 0 Å². The van der Waals surface area contributed by atoms with Gasteiger partial charge in [-0.25, -0.2) is 0 Å². The Morgan fingerprint density at radius 2 is 1.94 bits per heavy atom. The van der Waals surface area contributed by atoms with Gasteiger partial charge in [0.1, 0.15) is 0 Å². The molecule has 0 aliphatic carbocycles. The lowest BCUT2D eigenvalue weighted by molar-refractivity contribution is 0.0887. The molecule has 1 heterocycles. The molecule has 0 aromatic rings. The third kappa shape index (κ3) is 4.26. The van der Waals surface area contributed by atoms with Gasteiger partial charge in [0.25, 0.3) is 0 Å². The summed E-state index contributed by atoms with van der Waals surface area (Å²) in [6.45, 7) is 13.2. The summed E-state index contributed by atoms with van der Waals surface area (Å²) in [7, 11) is 2.30. The number of hydrogen-bond donors (Lipinski definition) is 1. The van der Waals surface area contributed by atoms with E-state index < -0.39 is 0 Å². The highest BCUT2D eigenvalue weighted by molar-refractivity contribution is 4.86. The smallest absolute Gasteiger partial charge is 0.00871 e. The molecule has 2 nitrogen and oxygen atoms in total. The number of nitrogens with one attached hydrogen (secondary N) is 1. The molecule has 0 saturated carbocycles. The van der Waals surface area contributed by atoms with Crippen LogP contribution in [0.25, 0.3) is 0 Å². The second kappa shape index (κ2) is 6.75. The lowest BCUT2D eigenvalue weighted by Crippen LogP contribution is -2.46. The van der Waals surface area contributed by atoms with Crippen LogP contribution in [0.2, 0.25) is 0 Å². The van der Waals surface area contributed by atoms with E-state index in [1.807, 2.05) is 0 Å². The highest BCUT2D eigenvalue weighted by Gasteiger charge is 2.32. The van der Waals surface area contributed by atoms with Crippen LogP contribution < -0.4 is 5.32 Å². The summed E-state index contributed by atoms with van der Waals surface area (Å²) in [5.41, 5.74) is 0.435. The molecule has 0 amide bonds. The first kappa shape index (κ1) is 15.0. The van der Waals surface area contributed by atoms with Crippen molar-refractivity contribution in [2.24, 2.45) is 11.3 Å². The lowest BCUT2D eigenvalue weighted by Gasteiger charge is -2.41. The Kier molecular flexibility index (Phi) is 5.94. The molecular weight excluding hydrogens is 208 g/mol. The Hall–Kier alpha value is -0.0800. The van der Waals surface area contributed by atoms with E-state index in [4.69, 9.17) is 0 Å². The number of nitrogens with zero attached hydrogens (tertiary/aromatic N) is 1. The van der Waals surface area contributed by atoms with Gasteiger partial charge in [0, 0.05) is 12.6 Å². The first-order valence-electron chi connectivity index (χ1n) is 7.42. The zero-order chi connectivity index (χ0) is 12.9. The van der Waals surface area contributed by atoms with E-state index in [-0.39, 0.29) is 0 Å². The fourth-order valence-corrected chi connectivity index (χ4v) is 3.33. The largest absolute Gasteiger partial charge is 0.316 e. The molecule has 1 aliphatic heterocycles. The summed E-state index contributed by atoms with van der Waals surface area (Å²) < 4.78 is 0. The summed E-state index contributed by atoms with van der Waals surface area (Å²) in [5, 5.41) is 3.55. The highest BCUT2D eigenvalue weighted by Crippen LogP contribution is 2.33. The van der Waals surface area contributed by atoms with Crippen LogP contribution in [0, 0.1) is 11.3 Å². The van der Waals surface area contributed by atoms with Crippen LogP contribution >= 0.6 is 0 Å². The Bertz CT molecular complexity index is 203. The normalized spacial score (nSPS) is 22.4. The molecule has 1 rings (SSSR count). The van der Waals surface area contributed by atoms with E-state index in [0.717, 1.165) is 12.0 Å². The third-order valence-corrected chi connectivity index (χ3v) is 4.62. The first-order chi connectivity index (χ1) is 8.01. The molecule has 0 aromatic heterocycles. The fourth-order valence-electron chi connectivity index (χ4n) is 3.33. The molecule has 102 valence electrons. The van der Waals surface area contributed by atoms with Gasteiger partial charge in [-0.2, -0.15) is 0 Å².